The molecule has 1 aliphatic heterocycles. The molecule has 0 atom stereocenters. The Bertz CT molecular complexity index is 645. The van der Waals surface area contributed by atoms with E-state index >= 15 is 0 Å². The number of hydrogen-bond acceptors (Lipinski definition) is 4. The van der Waals surface area contributed by atoms with Gasteiger partial charge in [-0.05, 0) is 18.2 Å². The molecule has 1 heterocycles. The number of hydrogen-bond donors (Lipinski definition) is 1. The maximum Gasteiger partial charge on any atom is 0.225 e. The van der Waals surface area contributed by atoms with Gasteiger partial charge in [0.15, 0.2) is 0 Å². The molecule has 0 spiro atoms. The minimum absolute atomic E-state index is 0.150. The van der Waals surface area contributed by atoms with Crippen LogP contribution in [0.5, 0.6) is 0 Å². The summed E-state index contributed by atoms with van der Waals surface area (Å²) in [5.74, 6) is -0.683. The maximum atomic E-state index is 12.1. The molecule has 122 valence electrons. The van der Waals surface area contributed by atoms with Gasteiger partial charge in [0.2, 0.25) is 15.9 Å². The van der Waals surface area contributed by atoms with E-state index in [0.29, 0.717) is 42.0 Å². The van der Waals surface area contributed by atoms with E-state index in [-0.39, 0.29) is 12.2 Å². The fourth-order valence-electron chi connectivity index (χ4n) is 1.98. The lowest BCUT2D eigenvalue weighted by atomic mass is 10.3. The van der Waals surface area contributed by atoms with Gasteiger partial charge in [0, 0.05) is 24.5 Å². The van der Waals surface area contributed by atoms with Gasteiger partial charge in [0.1, 0.15) is 0 Å². The molecule has 1 fully saturated rings. The van der Waals surface area contributed by atoms with Gasteiger partial charge in [-0.2, -0.15) is 4.31 Å². The van der Waals surface area contributed by atoms with Crippen molar-refractivity contribution in [3.05, 3.63) is 28.2 Å². The number of carbonyl (C=O) groups excluding carboxylic acids is 1. The van der Waals surface area contributed by atoms with Crippen LogP contribution in [0.25, 0.3) is 0 Å². The standard InChI is InChI=1S/C13H16Cl2N2O4S/c14-10-1-2-11(15)12(9-10)16-13(18)3-8-22(19,20)17-4-6-21-7-5-17/h1-2,9H,3-8H2,(H,16,18). The Balaban J connectivity index is 1.90. The molecule has 0 radical (unpaired) electrons. The molecule has 1 aromatic carbocycles. The lowest BCUT2D eigenvalue weighted by molar-refractivity contribution is -0.115. The zero-order valence-corrected chi connectivity index (χ0v) is 14.0. The Morgan fingerprint density at radius 1 is 1.27 bits per heavy atom. The minimum Gasteiger partial charge on any atom is -0.379 e. The van der Waals surface area contributed by atoms with Gasteiger partial charge < -0.3 is 10.1 Å². The molecule has 22 heavy (non-hydrogen) atoms. The van der Waals surface area contributed by atoms with E-state index < -0.39 is 15.9 Å². The highest BCUT2D eigenvalue weighted by Gasteiger charge is 2.24. The van der Waals surface area contributed by atoms with Crippen molar-refractivity contribution < 1.29 is 17.9 Å². The Morgan fingerprint density at radius 2 is 1.95 bits per heavy atom. The van der Waals surface area contributed by atoms with Crippen molar-refractivity contribution in [1.82, 2.24) is 4.31 Å². The summed E-state index contributed by atoms with van der Waals surface area (Å²) >= 11 is 11.8. The fourth-order valence-corrected chi connectivity index (χ4v) is 3.73. The van der Waals surface area contributed by atoms with E-state index in [1.807, 2.05) is 0 Å². The molecule has 9 heteroatoms. The summed E-state index contributed by atoms with van der Waals surface area (Å²) in [5.41, 5.74) is 0.364. The summed E-state index contributed by atoms with van der Waals surface area (Å²) in [6.07, 6.45) is -0.150. The Kier molecular flexibility index (Phi) is 6.05. The molecule has 2 rings (SSSR count). The van der Waals surface area contributed by atoms with Gasteiger partial charge in [-0.15, -0.1) is 0 Å². The third-order valence-corrected chi connectivity index (χ3v) is 5.59. The number of anilines is 1. The van der Waals surface area contributed by atoms with Crippen LogP contribution < -0.4 is 5.32 Å². The van der Waals surface area contributed by atoms with Crippen LogP contribution in [-0.2, 0) is 19.6 Å². The first-order valence-corrected chi connectivity index (χ1v) is 9.05. The lowest BCUT2D eigenvalue weighted by Crippen LogP contribution is -2.42. The fraction of sp³-hybridized carbons (Fsp3) is 0.462. The monoisotopic (exact) mass is 366 g/mol. The first-order valence-electron chi connectivity index (χ1n) is 6.69. The van der Waals surface area contributed by atoms with E-state index in [0.717, 1.165) is 0 Å². The number of rotatable bonds is 5. The second kappa shape index (κ2) is 7.61. The van der Waals surface area contributed by atoms with Crippen molar-refractivity contribution in [2.75, 3.05) is 37.4 Å². The molecular formula is C13H16Cl2N2O4S. The first kappa shape index (κ1) is 17.5. The molecule has 1 aromatic rings. The normalized spacial score (nSPS) is 16.5. The lowest BCUT2D eigenvalue weighted by Gasteiger charge is -2.25. The molecule has 1 amide bonds. The zero-order chi connectivity index (χ0) is 16.2. The van der Waals surface area contributed by atoms with E-state index in [1.54, 1.807) is 12.1 Å². The quantitative estimate of drug-likeness (QED) is 0.864. The number of halogens is 2. The molecule has 6 nitrogen and oxygen atoms in total. The molecule has 0 aromatic heterocycles. The highest BCUT2D eigenvalue weighted by Crippen LogP contribution is 2.25. The van der Waals surface area contributed by atoms with Gasteiger partial charge >= 0.3 is 0 Å². The average Bonchev–Trinajstić information content (AvgIpc) is 2.50. The van der Waals surface area contributed by atoms with Crippen LogP contribution >= 0.6 is 23.2 Å². The average molecular weight is 367 g/mol. The van der Waals surface area contributed by atoms with Gasteiger partial charge in [-0.25, -0.2) is 8.42 Å². The van der Waals surface area contributed by atoms with Gasteiger partial charge in [0.25, 0.3) is 0 Å². The number of nitrogens with one attached hydrogen (secondary N) is 1. The van der Waals surface area contributed by atoms with Crippen LogP contribution in [0.3, 0.4) is 0 Å². The maximum absolute atomic E-state index is 12.1. The third-order valence-electron chi connectivity index (χ3n) is 3.15. The number of benzene rings is 1. The van der Waals surface area contributed by atoms with Crippen LogP contribution in [0, 0.1) is 0 Å². The number of nitrogens with zero attached hydrogens (tertiary/aromatic N) is 1. The van der Waals surface area contributed by atoms with Crippen LogP contribution in [-0.4, -0.2) is 50.7 Å². The summed E-state index contributed by atoms with van der Waals surface area (Å²) in [4.78, 5) is 11.9. The highest BCUT2D eigenvalue weighted by atomic mass is 35.5. The van der Waals surface area contributed by atoms with E-state index in [2.05, 4.69) is 5.32 Å². The van der Waals surface area contributed by atoms with Gasteiger partial charge in [0.05, 0.1) is 29.7 Å². The van der Waals surface area contributed by atoms with E-state index in [4.69, 9.17) is 27.9 Å². The summed E-state index contributed by atoms with van der Waals surface area (Å²) < 4.78 is 30.7. The van der Waals surface area contributed by atoms with Crippen LogP contribution in [0.1, 0.15) is 6.42 Å². The predicted octanol–water partition coefficient (Wildman–Crippen LogP) is 1.98. The Hall–Kier alpha value is -0.860. The van der Waals surface area contributed by atoms with Crippen molar-refractivity contribution >= 4 is 44.8 Å². The zero-order valence-electron chi connectivity index (χ0n) is 11.7. The smallest absolute Gasteiger partial charge is 0.225 e. The topological polar surface area (TPSA) is 75.7 Å². The Morgan fingerprint density at radius 3 is 2.64 bits per heavy atom. The van der Waals surface area contributed by atoms with Crippen molar-refractivity contribution in [1.29, 1.82) is 0 Å². The van der Waals surface area contributed by atoms with Gasteiger partial charge in [-0.1, -0.05) is 23.2 Å². The summed E-state index contributed by atoms with van der Waals surface area (Å²) in [6.45, 7) is 1.40. The number of carbonyl (C=O) groups is 1. The minimum atomic E-state index is -3.46. The Labute approximate surface area is 139 Å². The molecule has 1 saturated heterocycles. The third kappa shape index (κ3) is 4.82. The second-order valence-electron chi connectivity index (χ2n) is 4.75. The highest BCUT2D eigenvalue weighted by molar-refractivity contribution is 7.89. The van der Waals surface area contributed by atoms with E-state index in [1.165, 1.54) is 10.4 Å². The van der Waals surface area contributed by atoms with E-state index in [9.17, 15) is 13.2 Å². The second-order valence-corrected chi connectivity index (χ2v) is 7.68. The molecule has 0 saturated carbocycles. The molecule has 0 aliphatic carbocycles. The molecule has 1 aliphatic rings. The number of morpholine rings is 1. The molecule has 1 N–H and O–H groups in total. The van der Waals surface area contributed by atoms with Crippen molar-refractivity contribution in [2.24, 2.45) is 0 Å². The predicted molar refractivity (Wildman–Crippen MR) is 85.9 cm³/mol. The summed E-state index contributed by atoms with van der Waals surface area (Å²) in [7, 11) is -3.46. The molecule has 0 unspecified atom stereocenters. The summed E-state index contributed by atoms with van der Waals surface area (Å²) in [5, 5.41) is 3.34. The number of amides is 1. The SMILES string of the molecule is O=C(CCS(=O)(=O)N1CCOCC1)Nc1cc(Cl)ccc1Cl. The number of sulfonamides is 1. The number of ether oxygens (including phenoxy) is 1. The first-order chi connectivity index (χ1) is 10.4. The van der Waals surface area contributed by atoms with Crippen LogP contribution in [0.15, 0.2) is 18.2 Å². The molecular weight excluding hydrogens is 351 g/mol. The van der Waals surface area contributed by atoms with Gasteiger partial charge in [-0.3, -0.25) is 4.79 Å². The largest absolute Gasteiger partial charge is 0.379 e. The van der Waals surface area contributed by atoms with Crippen LogP contribution in [0.2, 0.25) is 10.0 Å². The summed E-state index contributed by atoms with van der Waals surface area (Å²) in [6, 6.07) is 4.67. The van der Waals surface area contributed by atoms with Crippen molar-refractivity contribution in [2.45, 2.75) is 6.42 Å². The van der Waals surface area contributed by atoms with Crippen molar-refractivity contribution in [3.63, 3.8) is 0 Å². The van der Waals surface area contributed by atoms with Crippen molar-refractivity contribution in [3.8, 4) is 0 Å². The molecule has 0 bridgehead atoms. The van der Waals surface area contributed by atoms with Crippen LogP contribution in [0.4, 0.5) is 5.69 Å².